The molecule has 0 amide bonds. The molecule has 2 rings (SSSR count). The quantitative estimate of drug-likeness (QED) is 0.560. The summed E-state index contributed by atoms with van der Waals surface area (Å²) in [6.45, 7) is 0. The van der Waals surface area contributed by atoms with Gasteiger partial charge in [0.1, 0.15) is 8.80 Å². The van der Waals surface area contributed by atoms with E-state index >= 15 is 0 Å². The molecule has 0 aliphatic carbocycles. The van der Waals surface area contributed by atoms with Crippen LogP contribution in [0.3, 0.4) is 0 Å². The minimum Gasteiger partial charge on any atom is -0.130 e. The van der Waals surface area contributed by atoms with Gasteiger partial charge in [0.05, 0.1) is 0 Å². The third kappa shape index (κ3) is 2.49. The summed E-state index contributed by atoms with van der Waals surface area (Å²) in [5.74, 6) is 0. The summed E-state index contributed by atoms with van der Waals surface area (Å²) in [4.78, 5) is 0. The molecule has 0 fully saturated rings. The van der Waals surface area contributed by atoms with Crippen LogP contribution in [0.1, 0.15) is 0 Å². The van der Waals surface area contributed by atoms with Gasteiger partial charge in [-0.1, -0.05) is 71.0 Å². The fourth-order valence-electron chi connectivity index (χ4n) is 1.74. The molecule has 0 saturated heterocycles. The lowest BCUT2D eigenvalue weighted by Gasteiger charge is -2.12. The Bertz CT molecular complexity index is 360. The number of benzene rings is 2. The van der Waals surface area contributed by atoms with Crippen molar-refractivity contribution in [2.24, 2.45) is 0 Å². The van der Waals surface area contributed by atoms with Crippen molar-refractivity contribution in [2.75, 3.05) is 5.50 Å². The topological polar surface area (TPSA) is 0 Å². The Balaban J connectivity index is 2.34. The lowest BCUT2D eigenvalue weighted by atomic mass is 10.4. The number of hydrogen-bond donors (Lipinski definition) is 0. The van der Waals surface area contributed by atoms with Crippen LogP contribution in [0, 0.1) is 0 Å². The second-order valence-corrected chi connectivity index (χ2v) is 7.20. The first-order valence-electron chi connectivity index (χ1n) is 5.07. The molecule has 0 saturated carbocycles. The van der Waals surface area contributed by atoms with Gasteiger partial charge in [-0.3, -0.25) is 0 Å². The predicted octanol–water partition coefficient (Wildman–Crippen LogP) is 1.81. The van der Waals surface area contributed by atoms with Crippen molar-refractivity contribution in [2.45, 2.75) is 0 Å². The lowest BCUT2D eigenvalue weighted by molar-refractivity contribution is 1.71. The van der Waals surface area contributed by atoms with E-state index in [0.29, 0.717) is 0 Å². The van der Waals surface area contributed by atoms with E-state index in [0.717, 1.165) is 5.50 Å². The van der Waals surface area contributed by atoms with Gasteiger partial charge in [-0.25, -0.2) is 0 Å². The molecule has 0 radical (unpaired) electrons. The summed E-state index contributed by atoms with van der Waals surface area (Å²) in [5.41, 5.74) is 0.758. The first kappa shape index (κ1) is 10.5. The second kappa shape index (κ2) is 5.15. The van der Waals surface area contributed by atoms with E-state index in [2.05, 4.69) is 48.5 Å². The van der Waals surface area contributed by atoms with Crippen LogP contribution in [0.4, 0.5) is 0 Å². The highest BCUT2D eigenvalue weighted by atomic mass is 35.5. The minimum atomic E-state index is -1.16. The van der Waals surface area contributed by atoms with Crippen molar-refractivity contribution in [1.82, 2.24) is 0 Å². The second-order valence-electron chi connectivity index (χ2n) is 3.53. The van der Waals surface area contributed by atoms with E-state index < -0.39 is 8.80 Å². The van der Waals surface area contributed by atoms with Gasteiger partial charge in [-0.2, -0.15) is 0 Å². The van der Waals surface area contributed by atoms with Crippen molar-refractivity contribution in [3.63, 3.8) is 0 Å². The number of halogens is 1. The highest BCUT2D eigenvalue weighted by Gasteiger charge is 2.13. The van der Waals surface area contributed by atoms with E-state index in [1.807, 2.05) is 12.1 Å². The van der Waals surface area contributed by atoms with Crippen LogP contribution in [-0.4, -0.2) is 14.3 Å². The van der Waals surface area contributed by atoms with Gasteiger partial charge in [-0.05, 0) is 0 Å². The van der Waals surface area contributed by atoms with Crippen LogP contribution >= 0.6 is 11.6 Å². The molecule has 0 heterocycles. The zero-order valence-corrected chi connectivity index (χ0v) is 10.3. The average molecular weight is 233 g/mol. The SMILES string of the molecule is ClC[SiH](c1ccccc1)c1ccccc1. The zero-order chi connectivity index (χ0) is 10.5. The molecule has 0 atom stereocenters. The summed E-state index contributed by atoms with van der Waals surface area (Å²) < 4.78 is 0. The molecule has 0 nitrogen and oxygen atoms in total. The molecule has 76 valence electrons. The summed E-state index contributed by atoms with van der Waals surface area (Å²) in [7, 11) is -1.16. The maximum Gasteiger partial charge on any atom is 0.117 e. The highest BCUT2D eigenvalue weighted by Crippen LogP contribution is 1.94. The van der Waals surface area contributed by atoms with Crippen LogP contribution in [-0.2, 0) is 0 Å². The smallest absolute Gasteiger partial charge is 0.117 e. The number of alkyl halides is 1. The van der Waals surface area contributed by atoms with Crippen molar-refractivity contribution in [3.8, 4) is 0 Å². The van der Waals surface area contributed by atoms with Gasteiger partial charge in [0.25, 0.3) is 0 Å². The maximum atomic E-state index is 6.10. The van der Waals surface area contributed by atoms with Crippen LogP contribution < -0.4 is 10.4 Å². The van der Waals surface area contributed by atoms with E-state index in [4.69, 9.17) is 11.6 Å². The fraction of sp³-hybridized carbons (Fsp3) is 0.0769. The molecule has 0 N–H and O–H groups in total. The third-order valence-electron chi connectivity index (χ3n) is 2.56. The molecule has 0 unspecified atom stereocenters. The predicted molar refractivity (Wildman–Crippen MR) is 70.0 cm³/mol. The molecule has 2 aromatic rings. The Morgan fingerprint density at radius 2 is 1.13 bits per heavy atom. The minimum absolute atomic E-state index is 0.758. The van der Waals surface area contributed by atoms with E-state index in [9.17, 15) is 0 Å². The molecule has 0 aliphatic heterocycles. The summed E-state index contributed by atoms with van der Waals surface area (Å²) in [6, 6.07) is 21.2. The third-order valence-corrected chi connectivity index (χ3v) is 6.17. The Hall–Kier alpha value is -1.05. The van der Waals surface area contributed by atoms with E-state index in [1.165, 1.54) is 10.4 Å². The van der Waals surface area contributed by atoms with Crippen LogP contribution in [0.2, 0.25) is 0 Å². The summed E-state index contributed by atoms with van der Waals surface area (Å²) >= 11 is 6.10. The van der Waals surface area contributed by atoms with E-state index in [1.54, 1.807) is 0 Å². The molecule has 2 heteroatoms. The number of rotatable bonds is 3. The van der Waals surface area contributed by atoms with Gasteiger partial charge in [-0.15, -0.1) is 11.6 Å². The Morgan fingerprint density at radius 1 is 0.733 bits per heavy atom. The lowest BCUT2D eigenvalue weighted by Crippen LogP contribution is -2.43. The average Bonchev–Trinajstić information content (AvgIpc) is 2.33. The number of hydrogen-bond acceptors (Lipinski definition) is 0. The molecular weight excluding hydrogens is 220 g/mol. The Labute approximate surface area is 97.1 Å². The standard InChI is InChI=1S/C13H13ClSi/c14-11-15(12-7-3-1-4-8-12)13-9-5-2-6-10-13/h1-10,15H,11H2. The van der Waals surface area contributed by atoms with Crippen LogP contribution in [0.5, 0.6) is 0 Å². The van der Waals surface area contributed by atoms with Gasteiger partial charge in [0, 0.05) is 5.50 Å². The fourth-order valence-corrected chi connectivity index (χ4v) is 4.93. The van der Waals surface area contributed by atoms with Gasteiger partial charge >= 0.3 is 0 Å². The van der Waals surface area contributed by atoms with Gasteiger partial charge in [0.15, 0.2) is 0 Å². The van der Waals surface area contributed by atoms with Gasteiger partial charge < -0.3 is 0 Å². The molecule has 15 heavy (non-hydrogen) atoms. The molecule has 0 bridgehead atoms. The Morgan fingerprint density at radius 3 is 1.47 bits per heavy atom. The van der Waals surface area contributed by atoms with Crippen LogP contribution in [0.15, 0.2) is 60.7 Å². The van der Waals surface area contributed by atoms with E-state index in [-0.39, 0.29) is 0 Å². The largest absolute Gasteiger partial charge is 0.130 e. The molecule has 0 spiro atoms. The van der Waals surface area contributed by atoms with Gasteiger partial charge in [0.2, 0.25) is 0 Å². The zero-order valence-electron chi connectivity index (χ0n) is 8.44. The first-order chi connectivity index (χ1) is 7.42. The molecule has 0 aromatic heterocycles. The summed E-state index contributed by atoms with van der Waals surface area (Å²) in [5, 5.41) is 2.83. The van der Waals surface area contributed by atoms with Crippen LogP contribution in [0.25, 0.3) is 0 Å². The first-order valence-corrected chi connectivity index (χ1v) is 7.58. The van der Waals surface area contributed by atoms with Crippen molar-refractivity contribution < 1.29 is 0 Å². The Kier molecular flexibility index (Phi) is 3.59. The molecule has 0 aliphatic rings. The normalized spacial score (nSPS) is 10.5. The highest BCUT2D eigenvalue weighted by molar-refractivity contribution is 6.89. The molecular formula is C13H13ClSi. The monoisotopic (exact) mass is 232 g/mol. The van der Waals surface area contributed by atoms with Crippen molar-refractivity contribution in [3.05, 3.63) is 60.7 Å². The van der Waals surface area contributed by atoms with Crippen molar-refractivity contribution in [1.29, 1.82) is 0 Å². The molecule has 2 aromatic carbocycles. The van der Waals surface area contributed by atoms with Crippen molar-refractivity contribution >= 4 is 30.8 Å². The summed E-state index contributed by atoms with van der Waals surface area (Å²) in [6.07, 6.45) is 0. The maximum absolute atomic E-state index is 6.10.